The third-order valence-electron chi connectivity index (χ3n) is 4.43. The molecule has 0 bridgehead atoms. The minimum absolute atomic E-state index is 0.0787. The molecule has 0 radical (unpaired) electrons. The van der Waals surface area contributed by atoms with Gasteiger partial charge in [0.05, 0.1) is 6.42 Å². The van der Waals surface area contributed by atoms with Gasteiger partial charge in [0, 0.05) is 30.2 Å². The maximum absolute atomic E-state index is 12.7. The average Bonchev–Trinajstić information content (AvgIpc) is 3.07. The van der Waals surface area contributed by atoms with Gasteiger partial charge in [0.15, 0.2) is 0 Å². The predicted molar refractivity (Wildman–Crippen MR) is 123 cm³/mol. The summed E-state index contributed by atoms with van der Waals surface area (Å²) >= 11 is 0. The number of halogens is 3. The summed E-state index contributed by atoms with van der Waals surface area (Å²) in [5, 5.41) is 18.7. The van der Waals surface area contributed by atoms with E-state index in [0.29, 0.717) is 42.5 Å². The lowest BCUT2D eigenvalue weighted by Crippen LogP contribution is -2.48. The van der Waals surface area contributed by atoms with Crippen molar-refractivity contribution in [1.29, 1.82) is 0 Å². The van der Waals surface area contributed by atoms with Crippen molar-refractivity contribution in [2.45, 2.75) is 45.5 Å². The standard InChI is InChI=1S/C19H26N2O4S2.C2HF3O2/c1-13(2)11-16(18(24)20-8-10-27-26-9-7-17(22)23)21-12-14-5-3-4-6-15(14)19(21)25;3-2(4,5)1(6)7/h3-6,13,16H,7-12H2,1-2H3,(H,20,24)(H,22,23);(H,6,7)/t16-;/m1./s1. The number of carbonyl (C=O) groups is 4. The molecule has 0 saturated carbocycles. The first kappa shape index (κ1) is 29.6. The molecule has 2 rings (SSSR count). The average molecular weight is 525 g/mol. The molecule has 0 fully saturated rings. The summed E-state index contributed by atoms with van der Waals surface area (Å²) in [7, 11) is 3.03. The van der Waals surface area contributed by atoms with Crippen LogP contribution in [0.25, 0.3) is 0 Å². The molecule has 1 aromatic carbocycles. The second-order valence-electron chi connectivity index (χ2n) is 7.62. The Hall–Kier alpha value is -2.41. The molecule has 1 heterocycles. The number of alkyl halides is 3. The van der Waals surface area contributed by atoms with E-state index in [1.54, 1.807) is 15.7 Å². The number of carboxylic acids is 2. The van der Waals surface area contributed by atoms with Crippen LogP contribution < -0.4 is 5.32 Å². The van der Waals surface area contributed by atoms with Gasteiger partial charge in [-0.15, -0.1) is 0 Å². The van der Waals surface area contributed by atoms with Crippen molar-refractivity contribution < 1.29 is 42.6 Å². The van der Waals surface area contributed by atoms with E-state index in [-0.39, 0.29) is 18.2 Å². The Morgan fingerprint density at radius 1 is 1.12 bits per heavy atom. The number of aliphatic carboxylic acids is 2. The van der Waals surface area contributed by atoms with Gasteiger partial charge < -0.3 is 20.4 Å². The minimum Gasteiger partial charge on any atom is -0.481 e. The van der Waals surface area contributed by atoms with Crippen molar-refractivity contribution in [2.75, 3.05) is 18.1 Å². The molecule has 0 saturated heterocycles. The third-order valence-corrected chi connectivity index (χ3v) is 6.84. The van der Waals surface area contributed by atoms with Crippen LogP contribution in [-0.2, 0) is 20.9 Å². The minimum atomic E-state index is -5.08. The fourth-order valence-electron chi connectivity index (χ4n) is 2.93. The van der Waals surface area contributed by atoms with Gasteiger partial charge in [-0.1, -0.05) is 53.6 Å². The first-order chi connectivity index (χ1) is 15.8. The highest BCUT2D eigenvalue weighted by atomic mass is 33.1. The van der Waals surface area contributed by atoms with E-state index in [0.717, 1.165) is 5.56 Å². The van der Waals surface area contributed by atoms with Crippen LogP contribution in [0.2, 0.25) is 0 Å². The Bertz CT molecular complexity index is 867. The molecule has 0 aromatic heterocycles. The quantitative estimate of drug-likeness (QED) is 0.296. The van der Waals surface area contributed by atoms with Crippen molar-refractivity contribution in [1.82, 2.24) is 10.2 Å². The molecule has 3 N–H and O–H groups in total. The second-order valence-corrected chi connectivity index (χ2v) is 10.3. The number of fused-ring (bicyclic) bond motifs is 1. The van der Waals surface area contributed by atoms with Crippen LogP contribution in [0, 0.1) is 5.92 Å². The number of carboxylic acid groups (broad SMARTS) is 2. The highest BCUT2D eigenvalue weighted by Gasteiger charge is 2.38. The van der Waals surface area contributed by atoms with Crippen LogP contribution >= 0.6 is 21.6 Å². The molecule has 190 valence electrons. The molecule has 1 atom stereocenters. The fourth-order valence-corrected chi connectivity index (χ4v) is 4.82. The largest absolute Gasteiger partial charge is 0.490 e. The lowest BCUT2D eigenvalue weighted by atomic mass is 10.0. The smallest absolute Gasteiger partial charge is 0.481 e. The van der Waals surface area contributed by atoms with E-state index in [2.05, 4.69) is 5.32 Å². The molecule has 2 amide bonds. The Morgan fingerprint density at radius 3 is 2.24 bits per heavy atom. The van der Waals surface area contributed by atoms with Gasteiger partial charge in [-0.2, -0.15) is 13.2 Å². The van der Waals surface area contributed by atoms with Crippen LogP contribution in [-0.4, -0.2) is 69.1 Å². The van der Waals surface area contributed by atoms with Crippen molar-refractivity contribution in [3.05, 3.63) is 35.4 Å². The molecule has 34 heavy (non-hydrogen) atoms. The first-order valence-corrected chi connectivity index (χ1v) is 12.8. The van der Waals surface area contributed by atoms with E-state index < -0.39 is 24.2 Å². The van der Waals surface area contributed by atoms with Crippen molar-refractivity contribution in [3.8, 4) is 0 Å². The number of rotatable bonds is 11. The normalized spacial score (nSPS) is 13.7. The van der Waals surface area contributed by atoms with E-state index in [9.17, 15) is 27.6 Å². The Labute approximate surface area is 203 Å². The van der Waals surface area contributed by atoms with Gasteiger partial charge in [0.1, 0.15) is 6.04 Å². The first-order valence-electron chi connectivity index (χ1n) is 10.3. The summed E-state index contributed by atoms with van der Waals surface area (Å²) in [5.74, 6) is -2.23. The predicted octanol–water partition coefficient (Wildman–Crippen LogP) is 3.66. The summed E-state index contributed by atoms with van der Waals surface area (Å²) in [5.41, 5.74) is 1.65. The van der Waals surface area contributed by atoms with E-state index in [1.807, 2.05) is 38.1 Å². The molecular weight excluding hydrogens is 497 g/mol. The van der Waals surface area contributed by atoms with Gasteiger partial charge in [0.25, 0.3) is 5.91 Å². The van der Waals surface area contributed by atoms with E-state index >= 15 is 0 Å². The maximum atomic E-state index is 12.7. The zero-order chi connectivity index (χ0) is 25.9. The molecule has 1 aromatic rings. The number of nitrogens with one attached hydrogen (secondary N) is 1. The van der Waals surface area contributed by atoms with Gasteiger partial charge in [0.2, 0.25) is 5.91 Å². The highest BCUT2D eigenvalue weighted by Crippen LogP contribution is 2.27. The number of benzene rings is 1. The topological polar surface area (TPSA) is 124 Å². The zero-order valence-corrected chi connectivity index (χ0v) is 20.3. The molecule has 13 heteroatoms. The monoisotopic (exact) mass is 524 g/mol. The lowest BCUT2D eigenvalue weighted by Gasteiger charge is -2.28. The van der Waals surface area contributed by atoms with Crippen molar-refractivity contribution >= 4 is 45.3 Å². The SMILES string of the molecule is CC(C)C[C@H](C(=O)NCCSSCCC(=O)O)N1Cc2ccccc2C1=O.O=C(O)C(F)(F)F. The summed E-state index contributed by atoms with van der Waals surface area (Å²) in [6.07, 6.45) is -4.33. The van der Waals surface area contributed by atoms with Gasteiger partial charge in [-0.3, -0.25) is 14.4 Å². The summed E-state index contributed by atoms with van der Waals surface area (Å²) < 4.78 is 31.7. The molecule has 8 nitrogen and oxygen atoms in total. The van der Waals surface area contributed by atoms with Crippen LogP contribution in [0.4, 0.5) is 13.2 Å². The molecule has 1 aliphatic rings. The lowest BCUT2D eigenvalue weighted by molar-refractivity contribution is -0.192. The van der Waals surface area contributed by atoms with E-state index in [1.165, 1.54) is 10.8 Å². The Kier molecular flexibility index (Phi) is 12.3. The fraction of sp³-hybridized carbons (Fsp3) is 0.524. The van der Waals surface area contributed by atoms with Crippen molar-refractivity contribution in [2.24, 2.45) is 5.92 Å². The number of carbonyl (C=O) groups excluding carboxylic acids is 2. The molecule has 0 unspecified atom stereocenters. The van der Waals surface area contributed by atoms with Gasteiger partial charge >= 0.3 is 18.1 Å². The molecule has 0 spiro atoms. The third kappa shape index (κ3) is 10.2. The van der Waals surface area contributed by atoms with Gasteiger partial charge in [-0.25, -0.2) is 4.79 Å². The molecule has 0 aliphatic carbocycles. The summed E-state index contributed by atoms with van der Waals surface area (Å²) in [6.45, 7) is 5.05. The molecular formula is C21H27F3N2O6S2. The number of hydrogen-bond donors (Lipinski definition) is 3. The summed E-state index contributed by atoms with van der Waals surface area (Å²) in [6, 6.07) is 7.02. The Morgan fingerprint density at radius 2 is 1.71 bits per heavy atom. The number of amides is 2. The second kappa shape index (κ2) is 14.1. The van der Waals surface area contributed by atoms with Crippen LogP contribution in [0.3, 0.4) is 0 Å². The highest BCUT2D eigenvalue weighted by molar-refractivity contribution is 8.76. The van der Waals surface area contributed by atoms with E-state index in [4.69, 9.17) is 15.0 Å². The van der Waals surface area contributed by atoms with Crippen LogP contribution in [0.15, 0.2) is 24.3 Å². The van der Waals surface area contributed by atoms with Gasteiger partial charge in [-0.05, 0) is 24.0 Å². The van der Waals surface area contributed by atoms with Crippen LogP contribution in [0.1, 0.15) is 42.6 Å². The number of nitrogens with zero attached hydrogens (tertiary/aromatic N) is 1. The Balaban J connectivity index is 0.000000718. The van der Waals surface area contributed by atoms with Crippen LogP contribution in [0.5, 0.6) is 0 Å². The molecule has 1 aliphatic heterocycles. The maximum Gasteiger partial charge on any atom is 0.490 e. The number of hydrogen-bond acceptors (Lipinski definition) is 6. The van der Waals surface area contributed by atoms with Crippen molar-refractivity contribution in [3.63, 3.8) is 0 Å². The summed E-state index contributed by atoms with van der Waals surface area (Å²) in [4.78, 5) is 46.5. The zero-order valence-electron chi connectivity index (χ0n) is 18.6.